The lowest BCUT2D eigenvalue weighted by Crippen LogP contribution is -2.13. The van der Waals surface area contributed by atoms with Gasteiger partial charge in [0.15, 0.2) is 0 Å². The van der Waals surface area contributed by atoms with Gasteiger partial charge in [-0.1, -0.05) is 84.1 Å². The molecule has 0 saturated heterocycles. The number of ether oxygens (including phenoxy) is 2. The van der Waals surface area contributed by atoms with Crippen molar-refractivity contribution in [2.24, 2.45) is 0 Å². The molecule has 0 aliphatic carbocycles. The zero-order valence-electron chi connectivity index (χ0n) is 17.7. The monoisotopic (exact) mass is 391 g/mol. The molecule has 1 aromatic heterocycles. The first-order valence-electron chi connectivity index (χ1n) is 11.0. The van der Waals surface area contributed by atoms with Crippen molar-refractivity contribution in [3.8, 4) is 0 Å². The molecule has 0 radical (unpaired) electrons. The van der Waals surface area contributed by atoms with E-state index in [1.807, 2.05) is 0 Å². The van der Waals surface area contributed by atoms with Crippen LogP contribution in [0.1, 0.15) is 112 Å². The molecular weight excluding hydrogens is 354 g/mol. The summed E-state index contributed by atoms with van der Waals surface area (Å²) in [5.41, 5.74) is 0.306. The van der Waals surface area contributed by atoms with Crippen molar-refractivity contribution < 1.29 is 19.1 Å². The Balaban J connectivity index is 2.27. The molecule has 158 valence electrons. The molecule has 1 aromatic rings. The summed E-state index contributed by atoms with van der Waals surface area (Å²) in [5.74, 6) is -0.974. The van der Waals surface area contributed by atoms with Gasteiger partial charge >= 0.3 is 11.9 Å². The number of esters is 2. The van der Waals surface area contributed by atoms with Gasteiger partial charge in [-0.25, -0.2) is 14.6 Å². The van der Waals surface area contributed by atoms with Gasteiger partial charge in [-0.05, 0) is 25.0 Å². The Morgan fingerprint density at radius 2 is 1.07 bits per heavy atom. The zero-order chi connectivity index (χ0) is 20.5. The van der Waals surface area contributed by atoms with E-state index in [1.54, 1.807) is 18.2 Å². The first-order chi connectivity index (χ1) is 13.7. The molecular formula is C23H37NO4. The van der Waals surface area contributed by atoms with Gasteiger partial charge in [-0.15, -0.1) is 0 Å². The fraction of sp³-hybridized carbons (Fsp3) is 0.696. The summed E-state index contributed by atoms with van der Waals surface area (Å²) in [6.07, 6.45) is 13.6. The maximum atomic E-state index is 12.1. The Bertz CT molecular complexity index is 514. The number of unbranched alkanes of at least 4 members (excludes halogenated alkanes) is 10. The molecule has 0 saturated carbocycles. The highest BCUT2D eigenvalue weighted by molar-refractivity contribution is 5.91. The molecule has 0 N–H and O–H groups in total. The predicted molar refractivity (Wildman–Crippen MR) is 112 cm³/mol. The lowest BCUT2D eigenvalue weighted by Gasteiger charge is -2.07. The molecule has 0 bridgehead atoms. The second-order valence-corrected chi connectivity index (χ2v) is 7.22. The van der Waals surface area contributed by atoms with Crippen LogP contribution in [0, 0.1) is 0 Å². The molecule has 0 aliphatic rings. The summed E-state index contributed by atoms with van der Waals surface area (Å²) >= 11 is 0. The second-order valence-electron chi connectivity index (χ2n) is 7.22. The van der Waals surface area contributed by atoms with Crippen LogP contribution in [0.3, 0.4) is 0 Å². The summed E-state index contributed by atoms with van der Waals surface area (Å²) in [7, 11) is 0. The average Bonchev–Trinajstić information content (AvgIpc) is 2.72. The largest absolute Gasteiger partial charge is 0.461 e. The van der Waals surface area contributed by atoms with Crippen molar-refractivity contribution in [3.63, 3.8) is 0 Å². The van der Waals surface area contributed by atoms with E-state index in [9.17, 15) is 9.59 Å². The second kappa shape index (κ2) is 16.1. The predicted octanol–water partition coefficient (Wildman–Crippen LogP) is 6.12. The minimum atomic E-state index is -0.487. The standard InChI is InChI=1S/C23H37NO4/c1-3-5-7-9-11-13-18-27-22(25)20-16-15-17-21(24-20)23(26)28-19-14-12-10-8-6-4-2/h15-17H,3-14,18-19H2,1-2H3. The molecule has 0 spiro atoms. The van der Waals surface area contributed by atoms with Crippen LogP contribution in [-0.2, 0) is 9.47 Å². The fourth-order valence-electron chi connectivity index (χ4n) is 2.90. The Labute approximate surface area is 170 Å². The third-order valence-electron chi connectivity index (χ3n) is 4.63. The number of nitrogens with zero attached hydrogens (tertiary/aromatic N) is 1. The summed E-state index contributed by atoms with van der Waals surface area (Å²) in [4.78, 5) is 28.3. The van der Waals surface area contributed by atoms with E-state index in [0.717, 1.165) is 25.7 Å². The van der Waals surface area contributed by atoms with Gasteiger partial charge in [0, 0.05) is 0 Å². The summed E-state index contributed by atoms with van der Waals surface area (Å²) in [6, 6.07) is 4.76. The molecule has 5 nitrogen and oxygen atoms in total. The Morgan fingerprint density at radius 1 is 0.679 bits per heavy atom. The van der Waals surface area contributed by atoms with Gasteiger partial charge in [0.2, 0.25) is 0 Å². The van der Waals surface area contributed by atoms with Gasteiger partial charge < -0.3 is 9.47 Å². The van der Waals surface area contributed by atoms with E-state index < -0.39 is 11.9 Å². The van der Waals surface area contributed by atoms with Crippen LogP contribution >= 0.6 is 0 Å². The smallest absolute Gasteiger partial charge is 0.356 e. The molecule has 28 heavy (non-hydrogen) atoms. The quantitative estimate of drug-likeness (QED) is 0.251. The lowest BCUT2D eigenvalue weighted by molar-refractivity contribution is 0.0482. The van der Waals surface area contributed by atoms with E-state index in [0.29, 0.717) is 13.2 Å². The van der Waals surface area contributed by atoms with E-state index in [2.05, 4.69) is 18.8 Å². The average molecular weight is 392 g/mol. The van der Waals surface area contributed by atoms with Gasteiger partial charge in [-0.2, -0.15) is 0 Å². The van der Waals surface area contributed by atoms with Crippen LogP contribution in [0.4, 0.5) is 0 Å². The van der Waals surface area contributed by atoms with Crippen LogP contribution in [0.25, 0.3) is 0 Å². The minimum Gasteiger partial charge on any atom is -0.461 e. The first kappa shape index (κ1) is 24.1. The van der Waals surface area contributed by atoms with Crippen molar-refractivity contribution in [1.29, 1.82) is 0 Å². The van der Waals surface area contributed by atoms with Gasteiger partial charge in [0.05, 0.1) is 13.2 Å². The lowest BCUT2D eigenvalue weighted by atomic mass is 10.1. The molecule has 0 aromatic carbocycles. The van der Waals surface area contributed by atoms with E-state index in [-0.39, 0.29) is 11.4 Å². The number of aromatic nitrogens is 1. The van der Waals surface area contributed by atoms with Crippen molar-refractivity contribution >= 4 is 11.9 Å². The van der Waals surface area contributed by atoms with Gasteiger partial charge in [0.25, 0.3) is 0 Å². The van der Waals surface area contributed by atoms with Crippen LogP contribution < -0.4 is 0 Å². The molecule has 0 fully saturated rings. The molecule has 0 unspecified atom stereocenters. The summed E-state index contributed by atoms with van der Waals surface area (Å²) in [6.45, 7) is 5.15. The third kappa shape index (κ3) is 11.1. The zero-order valence-corrected chi connectivity index (χ0v) is 17.7. The fourth-order valence-corrected chi connectivity index (χ4v) is 2.90. The highest BCUT2D eigenvalue weighted by atomic mass is 16.5. The van der Waals surface area contributed by atoms with Crippen molar-refractivity contribution in [3.05, 3.63) is 29.6 Å². The number of hydrogen-bond donors (Lipinski definition) is 0. The summed E-state index contributed by atoms with van der Waals surface area (Å²) in [5, 5.41) is 0. The highest BCUT2D eigenvalue weighted by Crippen LogP contribution is 2.08. The molecule has 0 amide bonds. The molecule has 5 heteroatoms. The molecule has 0 atom stereocenters. The topological polar surface area (TPSA) is 65.5 Å². The normalized spacial score (nSPS) is 10.6. The minimum absolute atomic E-state index is 0.153. The van der Waals surface area contributed by atoms with E-state index >= 15 is 0 Å². The van der Waals surface area contributed by atoms with Gasteiger partial charge in [-0.3, -0.25) is 0 Å². The number of rotatable bonds is 16. The van der Waals surface area contributed by atoms with Crippen LogP contribution in [0.5, 0.6) is 0 Å². The van der Waals surface area contributed by atoms with E-state index in [4.69, 9.17) is 9.47 Å². The van der Waals surface area contributed by atoms with Gasteiger partial charge in [0.1, 0.15) is 11.4 Å². The molecule has 0 aliphatic heterocycles. The van der Waals surface area contributed by atoms with Crippen molar-refractivity contribution in [2.75, 3.05) is 13.2 Å². The Hall–Kier alpha value is -1.91. The maximum absolute atomic E-state index is 12.1. The van der Waals surface area contributed by atoms with Crippen LogP contribution in [-0.4, -0.2) is 30.1 Å². The first-order valence-corrected chi connectivity index (χ1v) is 11.0. The van der Waals surface area contributed by atoms with E-state index in [1.165, 1.54) is 51.4 Å². The number of pyridine rings is 1. The van der Waals surface area contributed by atoms with Crippen LogP contribution in [0.2, 0.25) is 0 Å². The number of carbonyl (C=O) groups excluding carboxylic acids is 2. The Morgan fingerprint density at radius 3 is 1.50 bits per heavy atom. The Kier molecular flexibility index (Phi) is 13.9. The van der Waals surface area contributed by atoms with Crippen molar-refractivity contribution in [2.45, 2.75) is 90.9 Å². The number of hydrogen-bond acceptors (Lipinski definition) is 5. The summed E-state index contributed by atoms with van der Waals surface area (Å²) < 4.78 is 10.5. The molecule has 1 heterocycles. The van der Waals surface area contributed by atoms with Crippen molar-refractivity contribution in [1.82, 2.24) is 4.98 Å². The third-order valence-corrected chi connectivity index (χ3v) is 4.63. The number of carbonyl (C=O) groups is 2. The van der Waals surface area contributed by atoms with Crippen LogP contribution in [0.15, 0.2) is 18.2 Å². The highest BCUT2D eigenvalue weighted by Gasteiger charge is 2.14. The molecule has 1 rings (SSSR count). The SMILES string of the molecule is CCCCCCCCOC(=O)c1cccc(C(=O)OCCCCCCCC)n1. The maximum Gasteiger partial charge on any atom is 0.356 e.